The molecule has 0 saturated carbocycles. The predicted octanol–water partition coefficient (Wildman–Crippen LogP) is 2.60. The molecule has 0 heterocycles. The summed E-state index contributed by atoms with van der Waals surface area (Å²) in [6.07, 6.45) is 0. The summed E-state index contributed by atoms with van der Waals surface area (Å²) < 4.78 is 5.33. The smallest absolute Gasteiger partial charge is 0.260 e. The SMILES string of the molecule is CN(CC(C)(C)O)C(=O)COc1cc(Cl)ccc1Cl. The Morgan fingerprint density at radius 2 is 2.05 bits per heavy atom. The van der Waals surface area contributed by atoms with Crippen molar-refractivity contribution in [2.24, 2.45) is 0 Å². The van der Waals surface area contributed by atoms with E-state index < -0.39 is 5.60 Å². The van der Waals surface area contributed by atoms with E-state index in [2.05, 4.69) is 0 Å². The Morgan fingerprint density at radius 1 is 1.42 bits per heavy atom. The lowest BCUT2D eigenvalue weighted by atomic mass is 10.1. The second-order valence-corrected chi connectivity index (χ2v) is 5.77. The first-order valence-electron chi connectivity index (χ1n) is 5.73. The molecule has 1 aromatic carbocycles. The summed E-state index contributed by atoms with van der Waals surface area (Å²) in [7, 11) is 1.60. The van der Waals surface area contributed by atoms with Gasteiger partial charge in [0.1, 0.15) is 5.75 Å². The Morgan fingerprint density at radius 3 is 2.63 bits per heavy atom. The fourth-order valence-corrected chi connectivity index (χ4v) is 1.84. The second kappa shape index (κ2) is 6.46. The van der Waals surface area contributed by atoms with Gasteiger partial charge >= 0.3 is 0 Å². The molecule has 1 aromatic rings. The standard InChI is InChI=1S/C13H17Cl2NO3/c1-13(2,18)8-16(3)12(17)7-19-11-6-9(14)4-5-10(11)15/h4-6,18H,7-8H2,1-3H3. The highest BCUT2D eigenvalue weighted by Gasteiger charge is 2.19. The van der Waals surface area contributed by atoms with Crippen molar-refractivity contribution < 1.29 is 14.6 Å². The van der Waals surface area contributed by atoms with Crippen LogP contribution in [0.1, 0.15) is 13.8 Å². The maximum Gasteiger partial charge on any atom is 0.260 e. The van der Waals surface area contributed by atoms with E-state index >= 15 is 0 Å². The van der Waals surface area contributed by atoms with E-state index in [0.717, 1.165) is 0 Å². The van der Waals surface area contributed by atoms with E-state index in [-0.39, 0.29) is 19.1 Å². The van der Waals surface area contributed by atoms with E-state index in [9.17, 15) is 9.90 Å². The van der Waals surface area contributed by atoms with Crippen LogP contribution in [0.25, 0.3) is 0 Å². The lowest BCUT2D eigenvalue weighted by molar-refractivity contribution is -0.134. The number of aliphatic hydroxyl groups is 1. The molecular formula is C13H17Cl2NO3. The number of ether oxygens (including phenoxy) is 1. The fraction of sp³-hybridized carbons (Fsp3) is 0.462. The van der Waals surface area contributed by atoms with Gasteiger partial charge in [0.2, 0.25) is 0 Å². The monoisotopic (exact) mass is 305 g/mol. The highest BCUT2D eigenvalue weighted by atomic mass is 35.5. The molecule has 4 nitrogen and oxygen atoms in total. The van der Waals surface area contributed by atoms with Crippen LogP contribution in [-0.4, -0.2) is 41.7 Å². The van der Waals surface area contributed by atoms with E-state index in [1.54, 1.807) is 39.1 Å². The van der Waals surface area contributed by atoms with Crippen LogP contribution in [0.2, 0.25) is 10.0 Å². The zero-order valence-electron chi connectivity index (χ0n) is 11.1. The van der Waals surface area contributed by atoms with Crippen LogP contribution in [0, 0.1) is 0 Å². The molecule has 6 heteroatoms. The molecule has 0 spiro atoms. The Kier molecular flexibility index (Phi) is 5.47. The summed E-state index contributed by atoms with van der Waals surface area (Å²) in [5, 5.41) is 10.5. The minimum Gasteiger partial charge on any atom is -0.482 e. The highest BCUT2D eigenvalue weighted by Crippen LogP contribution is 2.27. The Balaban J connectivity index is 2.57. The van der Waals surface area contributed by atoms with E-state index in [4.69, 9.17) is 27.9 Å². The van der Waals surface area contributed by atoms with E-state index in [0.29, 0.717) is 15.8 Å². The molecule has 0 aromatic heterocycles. The van der Waals surface area contributed by atoms with Crippen molar-refractivity contribution in [3.8, 4) is 5.75 Å². The van der Waals surface area contributed by atoms with Crippen LogP contribution < -0.4 is 4.74 Å². The number of hydrogen-bond donors (Lipinski definition) is 1. The lowest BCUT2D eigenvalue weighted by Gasteiger charge is -2.25. The normalized spacial score (nSPS) is 11.3. The molecule has 0 aliphatic rings. The van der Waals surface area contributed by atoms with Crippen LogP contribution in [0.4, 0.5) is 0 Å². The molecule has 0 radical (unpaired) electrons. The van der Waals surface area contributed by atoms with Crippen LogP contribution >= 0.6 is 23.2 Å². The lowest BCUT2D eigenvalue weighted by Crippen LogP contribution is -2.41. The van der Waals surface area contributed by atoms with Crippen molar-refractivity contribution in [2.45, 2.75) is 19.4 Å². The quantitative estimate of drug-likeness (QED) is 0.909. The van der Waals surface area contributed by atoms with Gasteiger partial charge < -0.3 is 14.7 Å². The van der Waals surface area contributed by atoms with E-state index in [1.807, 2.05) is 0 Å². The third kappa shape index (κ3) is 5.68. The summed E-state index contributed by atoms with van der Waals surface area (Å²) in [6, 6.07) is 4.79. The maximum atomic E-state index is 11.8. The van der Waals surface area contributed by atoms with Crippen LogP contribution in [0.5, 0.6) is 5.75 Å². The zero-order valence-corrected chi connectivity index (χ0v) is 12.6. The minimum absolute atomic E-state index is 0.160. The molecule has 0 saturated heterocycles. The third-order valence-corrected chi connectivity index (χ3v) is 2.84. The summed E-state index contributed by atoms with van der Waals surface area (Å²) in [5.41, 5.74) is -0.946. The zero-order chi connectivity index (χ0) is 14.6. The first-order valence-corrected chi connectivity index (χ1v) is 6.49. The summed E-state index contributed by atoms with van der Waals surface area (Å²) in [6.45, 7) is 3.32. The van der Waals surface area contributed by atoms with Gasteiger partial charge in [-0.1, -0.05) is 23.2 Å². The van der Waals surface area contributed by atoms with Gasteiger partial charge in [-0.05, 0) is 26.0 Å². The number of amides is 1. The number of hydrogen-bond acceptors (Lipinski definition) is 3. The molecule has 0 fully saturated rings. The highest BCUT2D eigenvalue weighted by molar-refractivity contribution is 6.34. The largest absolute Gasteiger partial charge is 0.482 e. The van der Waals surface area contributed by atoms with Crippen LogP contribution in [0.15, 0.2) is 18.2 Å². The molecule has 1 rings (SSSR count). The number of likely N-dealkylation sites (N-methyl/N-ethyl adjacent to an activating group) is 1. The van der Waals surface area contributed by atoms with Crippen LogP contribution in [-0.2, 0) is 4.79 Å². The van der Waals surface area contributed by atoms with Gasteiger partial charge in [0.15, 0.2) is 6.61 Å². The molecule has 1 N–H and O–H groups in total. The van der Waals surface area contributed by atoms with Gasteiger partial charge in [-0.2, -0.15) is 0 Å². The molecule has 0 unspecified atom stereocenters. The first-order chi connectivity index (χ1) is 8.69. The second-order valence-electron chi connectivity index (χ2n) is 4.93. The van der Waals surface area contributed by atoms with Gasteiger partial charge in [0, 0.05) is 24.7 Å². The number of benzene rings is 1. The maximum absolute atomic E-state index is 11.8. The van der Waals surface area contributed by atoms with Crippen molar-refractivity contribution >= 4 is 29.1 Å². The van der Waals surface area contributed by atoms with Gasteiger partial charge in [0.25, 0.3) is 5.91 Å². The number of rotatable bonds is 5. The summed E-state index contributed by atoms with van der Waals surface area (Å²) >= 11 is 11.7. The van der Waals surface area contributed by atoms with Gasteiger partial charge in [-0.3, -0.25) is 4.79 Å². The molecular weight excluding hydrogens is 289 g/mol. The Hall–Kier alpha value is -0.970. The topological polar surface area (TPSA) is 49.8 Å². The Bertz CT molecular complexity index is 458. The molecule has 0 bridgehead atoms. The molecule has 106 valence electrons. The average molecular weight is 306 g/mol. The predicted molar refractivity (Wildman–Crippen MR) is 75.9 cm³/mol. The first kappa shape index (κ1) is 16.1. The Labute approximate surface area is 122 Å². The minimum atomic E-state index is -0.946. The van der Waals surface area contributed by atoms with Gasteiger partial charge in [-0.15, -0.1) is 0 Å². The van der Waals surface area contributed by atoms with Crippen molar-refractivity contribution in [2.75, 3.05) is 20.2 Å². The number of nitrogens with zero attached hydrogens (tertiary/aromatic N) is 1. The summed E-state index contributed by atoms with van der Waals surface area (Å²) in [5.74, 6) is 0.109. The fourth-order valence-electron chi connectivity index (χ4n) is 1.51. The van der Waals surface area contributed by atoms with Crippen LogP contribution in [0.3, 0.4) is 0 Å². The molecule has 0 aliphatic heterocycles. The molecule has 0 aliphatic carbocycles. The van der Waals surface area contributed by atoms with Crippen molar-refractivity contribution in [1.82, 2.24) is 4.90 Å². The molecule has 1 amide bonds. The van der Waals surface area contributed by atoms with Gasteiger partial charge in [0.05, 0.1) is 10.6 Å². The third-order valence-electron chi connectivity index (χ3n) is 2.29. The van der Waals surface area contributed by atoms with Crippen molar-refractivity contribution in [3.63, 3.8) is 0 Å². The number of carbonyl (C=O) groups is 1. The molecule has 0 atom stereocenters. The van der Waals surface area contributed by atoms with E-state index in [1.165, 1.54) is 4.90 Å². The number of carbonyl (C=O) groups excluding carboxylic acids is 1. The van der Waals surface area contributed by atoms with Gasteiger partial charge in [-0.25, -0.2) is 0 Å². The van der Waals surface area contributed by atoms with Crippen molar-refractivity contribution in [1.29, 1.82) is 0 Å². The molecule has 19 heavy (non-hydrogen) atoms. The average Bonchev–Trinajstić information content (AvgIpc) is 2.27. The van der Waals surface area contributed by atoms with Crippen molar-refractivity contribution in [3.05, 3.63) is 28.2 Å². The summed E-state index contributed by atoms with van der Waals surface area (Å²) in [4.78, 5) is 13.2. The number of halogens is 2.